The fourth-order valence-corrected chi connectivity index (χ4v) is 2.76. The molecule has 0 spiro atoms. The molecule has 1 aromatic heterocycles. The molecule has 1 saturated heterocycles. The Balaban J connectivity index is 1.63. The first kappa shape index (κ1) is 18.8. The van der Waals surface area contributed by atoms with Crippen LogP contribution in [0.3, 0.4) is 0 Å². The first-order valence-electron chi connectivity index (χ1n) is 8.44. The summed E-state index contributed by atoms with van der Waals surface area (Å²) in [6.07, 6.45) is 3.05. The number of amides is 2. The first-order chi connectivity index (χ1) is 13.0. The Kier molecular flexibility index (Phi) is 5.97. The number of carbonyl (C=O) groups excluding carboxylic acids is 2. The van der Waals surface area contributed by atoms with Crippen molar-refractivity contribution in [2.75, 3.05) is 18.4 Å². The molecule has 2 amide bonds. The van der Waals surface area contributed by atoms with Gasteiger partial charge in [-0.15, -0.1) is 0 Å². The van der Waals surface area contributed by atoms with Gasteiger partial charge in [0.15, 0.2) is 5.69 Å². The van der Waals surface area contributed by atoms with Gasteiger partial charge in [0.05, 0.1) is 5.69 Å². The van der Waals surface area contributed by atoms with E-state index in [9.17, 15) is 18.4 Å². The minimum absolute atomic E-state index is 0.0492. The van der Waals surface area contributed by atoms with Crippen LogP contribution in [0.25, 0.3) is 0 Å². The van der Waals surface area contributed by atoms with E-state index < -0.39 is 12.5 Å². The maximum atomic E-state index is 12.4. The van der Waals surface area contributed by atoms with Gasteiger partial charge >= 0.3 is 6.61 Å². The van der Waals surface area contributed by atoms with Crippen molar-refractivity contribution in [2.24, 2.45) is 0 Å². The van der Waals surface area contributed by atoms with Gasteiger partial charge in [-0.05, 0) is 50.2 Å². The highest BCUT2D eigenvalue weighted by Crippen LogP contribution is 2.18. The van der Waals surface area contributed by atoms with Crippen LogP contribution in [-0.2, 0) is 0 Å². The van der Waals surface area contributed by atoms with Crippen molar-refractivity contribution >= 4 is 17.5 Å². The lowest BCUT2D eigenvalue weighted by Gasteiger charge is -2.23. The monoisotopic (exact) mass is 379 g/mol. The molecule has 10 heteroatoms. The molecule has 1 fully saturated rings. The quantitative estimate of drug-likeness (QED) is 0.612. The highest BCUT2D eigenvalue weighted by Gasteiger charge is 2.21. The SMILES string of the molecule is O=C(Nc1c[nH]nc1C(=O)NC1CCNCC1)c1ccc(OC(F)F)cc1. The molecule has 2 aromatic rings. The molecule has 0 bridgehead atoms. The molecular formula is C17H19F2N5O3. The van der Waals surface area contributed by atoms with Gasteiger partial charge in [0.1, 0.15) is 5.75 Å². The Hall–Kier alpha value is -3.01. The zero-order valence-electron chi connectivity index (χ0n) is 14.3. The van der Waals surface area contributed by atoms with E-state index in [4.69, 9.17) is 0 Å². The number of piperidine rings is 1. The van der Waals surface area contributed by atoms with E-state index >= 15 is 0 Å². The molecule has 1 aliphatic rings. The van der Waals surface area contributed by atoms with Crippen LogP contribution in [-0.4, -0.2) is 47.8 Å². The van der Waals surface area contributed by atoms with E-state index in [0.29, 0.717) is 0 Å². The number of anilines is 1. The molecule has 2 heterocycles. The highest BCUT2D eigenvalue weighted by molar-refractivity contribution is 6.08. The minimum atomic E-state index is -2.93. The van der Waals surface area contributed by atoms with Crippen molar-refractivity contribution in [1.82, 2.24) is 20.8 Å². The van der Waals surface area contributed by atoms with Gasteiger partial charge in [-0.3, -0.25) is 14.7 Å². The average molecular weight is 379 g/mol. The molecule has 0 saturated carbocycles. The highest BCUT2D eigenvalue weighted by atomic mass is 19.3. The van der Waals surface area contributed by atoms with Crippen molar-refractivity contribution in [1.29, 1.82) is 0 Å². The number of aromatic amines is 1. The lowest BCUT2D eigenvalue weighted by molar-refractivity contribution is -0.0498. The summed E-state index contributed by atoms with van der Waals surface area (Å²) in [7, 11) is 0. The zero-order valence-corrected chi connectivity index (χ0v) is 14.3. The third kappa shape index (κ3) is 5.00. The largest absolute Gasteiger partial charge is 0.435 e. The molecule has 144 valence electrons. The van der Waals surface area contributed by atoms with Crippen LogP contribution in [0.1, 0.15) is 33.7 Å². The topological polar surface area (TPSA) is 108 Å². The average Bonchev–Trinajstić information content (AvgIpc) is 3.11. The summed E-state index contributed by atoms with van der Waals surface area (Å²) in [5, 5.41) is 15.2. The molecule has 4 N–H and O–H groups in total. The molecule has 0 aliphatic carbocycles. The lowest BCUT2D eigenvalue weighted by Crippen LogP contribution is -2.43. The molecular weight excluding hydrogens is 360 g/mol. The lowest BCUT2D eigenvalue weighted by atomic mass is 10.1. The first-order valence-corrected chi connectivity index (χ1v) is 8.44. The molecule has 8 nitrogen and oxygen atoms in total. The summed E-state index contributed by atoms with van der Waals surface area (Å²) in [5.41, 5.74) is 0.543. The predicted octanol–water partition coefficient (Wildman–Crippen LogP) is 1.75. The van der Waals surface area contributed by atoms with Crippen LogP contribution in [0.2, 0.25) is 0 Å². The molecule has 3 rings (SSSR count). The number of H-pyrrole nitrogens is 1. The van der Waals surface area contributed by atoms with Crippen molar-refractivity contribution in [3.63, 3.8) is 0 Å². The number of nitrogens with one attached hydrogen (secondary N) is 4. The third-order valence-corrected chi connectivity index (χ3v) is 4.12. The summed E-state index contributed by atoms with van der Waals surface area (Å²) < 4.78 is 28.6. The zero-order chi connectivity index (χ0) is 19.2. The maximum absolute atomic E-state index is 12.4. The second-order valence-electron chi connectivity index (χ2n) is 6.00. The second-order valence-corrected chi connectivity index (χ2v) is 6.00. The van der Waals surface area contributed by atoms with Crippen molar-refractivity contribution in [3.8, 4) is 5.75 Å². The van der Waals surface area contributed by atoms with E-state index in [1.807, 2.05) is 0 Å². The van der Waals surface area contributed by atoms with Crippen LogP contribution in [0.15, 0.2) is 30.5 Å². The standard InChI is InChI=1S/C17H19F2N5O3/c18-17(19)27-12-3-1-10(2-4-12)15(25)23-13-9-21-24-14(13)16(26)22-11-5-7-20-8-6-11/h1-4,9,11,17,20H,5-8H2,(H,21,24)(H,22,26)(H,23,25). The number of rotatable bonds is 6. The molecule has 27 heavy (non-hydrogen) atoms. The van der Waals surface area contributed by atoms with Gasteiger partial charge in [0.2, 0.25) is 0 Å². The number of carbonyl (C=O) groups is 2. The van der Waals surface area contributed by atoms with E-state index in [1.54, 1.807) is 0 Å². The van der Waals surface area contributed by atoms with Gasteiger partial charge in [-0.1, -0.05) is 0 Å². The van der Waals surface area contributed by atoms with E-state index in [0.717, 1.165) is 25.9 Å². The third-order valence-electron chi connectivity index (χ3n) is 4.12. The molecule has 1 aromatic carbocycles. The summed E-state index contributed by atoms with van der Waals surface area (Å²) in [6, 6.07) is 5.29. The maximum Gasteiger partial charge on any atom is 0.387 e. The summed E-state index contributed by atoms with van der Waals surface area (Å²) >= 11 is 0. The number of alkyl halides is 2. The molecule has 0 unspecified atom stereocenters. The van der Waals surface area contributed by atoms with Crippen LogP contribution in [0.4, 0.5) is 14.5 Å². The van der Waals surface area contributed by atoms with E-state index in [1.165, 1.54) is 30.5 Å². The van der Waals surface area contributed by atoms with Gasteiger partial charge in [0.25, 0.3) is 11.8 Å². The number of ether oxygens (including phenoxy) is 1. The Bertz CT molecular complexity index is 788. The van der Waals surface area contributed by atoms with Gasteiger partial charge in [-0.25, -0.2) is 0 Å². The Morgan fingerprint density at radius 1 is 1.15 bits per heavy atom. The normalized spacial score (nSPS) is 14.8. The minimum Gasteiger partial charge on any atom is -0.435 e. The summed E-state index contributed by atoms with van der Waals surface area (Å²) in [6.45, 7) is -1.27. The van der Waals surface area contributed by atoms with Crippen molar-refractivity contribution in [3.05, 3.63) is 41.7 Å². The number of benzene rings is 1. The van der Waals surface area contributed by atoms with Gasteiger partial charge in [0, 0.05) is 17.8 Å². The number of aromatic nitrogens is 2. The summed E-state index contributed by atoms with van der Waals surface area (Å²) in [5.74, 6) is -0.929. The van der Waals surface area contributed by atoms with Gasteiger partial charge < -0.3 is 20.7 Å². The Morgan fingerprint density at radius 2 is 1.85 bits per heavy atom. The fourth-order valence-electron chi connectivity index (χ4n) is 2.76. The Labute approximate surface area is 153 Å². The van der Waals surface area contributed by atoms with E-state index in [2.05, 4.69) is 30.9 Å². The number of hydrogen-bond acceptors (Lipinski definition) is 5. The van der Waals surface area contributed by atoms with Crippen LogP contribution >= 0.6 is 0 Å². The van der Waals surface area contributed by atoms with Crippen LogP contribution in [0, 0.1) is 0 Å². The molecule has 0 radical (unpaired) electrons. The Morgan fingerprint density at radius 3 is 2.52 bits per heavy atom. The van der Waals surface area contributed by atoms with Crippen molar-refractivity contribution < 1.29 is 23.1 Å². The van der Waals surface area contributed by atoms with E-state index in [-0.39, 0.29) is 34.6 Å². The smallest absolute Gasteiger partial charge is 0.387 e. The molecule has 0 atom stereocenters. The second kappa shape index (κ2) is 8.58. The van der Waals surface area contributed by atoms with Crippen LogP contribution in [0.5, 0.6) is 5.75 Å². The molecule has 1 aliphatic heterocycles. The number of halogens is 2. The van der Waals surface area contributed by atoms with Gasteiger partial charge in [-0.2, -0.15) is 13.9 Å². The van der Waals surface area contributed by atoms with Crippen molar-refractivity contribution in [2.45, 2.75) is 25.5 Å². The fraction of sp³-hybridized carbons (Fsp3) is 0.353. The summed E-state index contributed by atoms with van der Waals surface area (Å²) in [4.78, 5) is 24.7. The predicted molar refractivity (Wildman–Crippen MR) is 93.0 cm³/mol. The number of hydrogen-bond donors (Lipinski definition) is 4. The van der Waals surface area contributed by atoms with Crippen LogP contribution < -0.4 is 20.7 Å². The number of nitrogens with zero attached hydrogens (tertiary/aromatic N) is 1.